The van der Waals surface area contributed by atoms with Gasteiger partial charge in [0.25, 0.3) is 5.91 Å². The third-order valence-corrected chi connectivity index (χ3v) is 6.16. The van der Waals surface area contributed by atoms with Crippen molar-refractivity contribution in [2.24, 2.45) is 0 Å². The predicted octanol–water partition coefficient (Wildman–Crippen LogP) is 3.55. The maximum atomic E-state index is 13.0. The van der Waals surface area contributed by atoms with Crippen LogP contribution < -0.4 is 20.1 Å². The molecule has 12 heteroatoms. The zero-order valence-corrected chi connectivity index (χ0v) is 26.9. The van der Waals surface area contributed by atoms with Crippen LogP contribution in [-0.2, 0) is 46.4 Å². The molecule has 47 heavy (non-hydrogen) atoms. The minimum atomic E-state index is -1.05. The quantitative estimate of drug-likeness (QED) is 0.174. The first-order valence-corrected chi connectivity index (χ1v) is 15.0. The van der Waals surface area contributed by atoms with Crippen LogP contribution in [0.3, 0.4) is 0 Å². The number of amides is 2. The van der Waals surface area contributed by atoms with Gasteiger partial charge in [-0.3, -0.25) is 9.59 Å². The Morgan fingerprint density at radius 2 is 1.40 bits per heavy atom. The van der Waals surface area contributed by atoms with Crippen LogP contribution in [0, 0.1) is 0 Å². The first-order valence-electron chi connectivity index (χ1n) is 15.0. The summed E-state index contributed by atoms with van der Waals surface area (Å²) in [6.07, 6.45) is 0.0971. The molecule has 0 aromatic heterocycles. The van der Waals surface area contributed by atoms with E-state index in [-0.39, 0.29) is 44.2 Å². The summed E-state index contributed by atoms with van der Waals surface area (Å²) in [6, 6.07) is 20.9. The Bertz CT molecular complexity index is 1500. The third kappa shape index (κ3) is 13.6. The van der Waals surface area contributed by atoms with E-state index in [4.69, 9.17) is 23.7 Å². The van der Waals surface area contributed by atoms with Gasteiger partial charge in [0.05, 0.1) is 13.2 Å². The molecule has 0 aliphatic carbocycles. The van der Waals surface area contributed by atoms with Gasteiger partial charge in [0, 0.05) is 12.0 Å². The average molecular weight is 649 g/mol. The van der Waals surface area contributed by atoms with Gasteiger partial charge in [-0.05, 0) is 69.2 Å². The first-order chi connectivity index (χ1) is 22.4. The zero-order valence-electron chi connectivity index (χ0n) is 26.9. The third-order valence-electron chi connectivity index (χ3n) is 6.16. The van der Waals surface area contributed by atoms with Gasteiger partial charge in [-0.1, -0.05) is 48.5 Å². The van der Waals surface area contributed by atoms with Gasteiger partial charge in [-0.2, -0.15) is 0 Å². The number of rotatable bonds is 16. The number of esters is 3. The Hall–Kier alpha value is -5.39. The largest absolute Gasteiger partial charge is 0.482 e. The standard InChI is InChI=1S/C35H40N2O10/c1-5-43-31(39)22-44-27-16-14-24(15-17-27)18-29(34(42)47-35(2,3)4)37-30(38)20-36-33(41)26-12-9-13-28(19-26)45-23-32(40)46-21-25-10-7-6-8-11-25/h6-17,19,29H,5,18,20-23H2,1-4H3,(H,36,41)(H,37,38). The van der Waals surface area contributed by atoms with E-state index in [0.717, 1.165) is 5.56 Å². The second-order valence-corrected chi connectivity index (χ2v) is 11.2. The fourth-order valence-corrected chi connectivity index (χ4v) is 4.03. The van der Waals surface area contributed by atoms with Crippen LogP contribution in [0.1, 0.15) is 49.2 Å². The molecule has 0 saturated carbocycles. The molecule has 0 bridgehead atoms. The van der Waals surface area contributed by atoms with Gasteiger partial charge >= 0.3 is 17.9 Å². The van der Waals surface area contributed by atoms with E-state index in [1.807, 2.05) is 30.3 Å². The Balaban J connectivity index is 1.53. The van der Waals surface area contributed by atoms with E-state index in [1.54, 1.807) is 64.1 Å². The molecule has 12 nitrogen and oxygen atoms in total. The number of hydrogen-bond donors (Lipinski definition) is 2. The highest BCUT2D eigenvalue weighted by Crippen LogP contribution is 2.16. The monoisotopic (exact) mass is 648 g/mol. The van der Waals surface area contributed by atoms with Crippen molar-refractivity contribution in [1.82, 2.24) is 10.6 Å². The smallest absolute Gasteiger partial charge is 0.344 e. The van der Waals surface area contributed by atoms with E-state index in [0.29, 0.717) is 11.3 Å². The van der Waals surface area contributed by atoms with Crippen LogP contribution in [0.15, 0.2) is 78.9 Å². The van der Waals surface area contributed by atoms with Crippen LogP contribution in [0.5, 0.6) is 11.5 Å². The lowest BCUT2D eigenvalue weighted by Crippen LogP contribution is -2.48. The van der Waals surface area contributed by atoms with Gasteiger partial charge in [0.2, 0.25) is 5.91 Å². The van der Waals surface area contributed by atoms with Crippen molar-refractivity contribution < 1.29 is 47.7 Å². The lowest BCUT2D eigenvalue weighted by molar-refractivity contribution is -0.158. The number of carbonyl (C=O) groups is 5. The first kappa shape index (κ1) is 36.1. The van der Waals surface area contributed by atoms with Crippen LogP contribution in [0.4, 0.5) is 0 Å². The molecule has 2 amide bonds. The minimum Gasteiger partial charge on any atom is -0.482 e. The van der Waals surface area contributed by atoms with Crippen molar-refractivity contribution in [1.29, 1.82) is 0 Å². The summed E-state index contributed by atoms with van der Waals surface area (Å²) < 4.78 is 26.4. The van der Waals surface area contributed by atoms with Crippen molar-refractivity contribution in [3.63, 3.8) is 0 Å². The second-order valence-electron chi connectivity index (χ2n) is 11.2. The number of ether oxygens (including phenoxy) is 5. The molecule has 0 spiro atoms. The highest BCUT2D eigenvalue weighted by Gasteiger charge is 2.27. The van der Waals surface area contributed by atoms with Gasteiger partial charge in [-0.15, -0.1) is 0 Å². The highest BCUT2D eigenvalue weighted by atomic mass is 16.6. The topological polar surface area (TPSA) is 156 Å². The molecule has 0 aliphatic rings. The Morgan fingerprint density at radius 3 is 2.06 bits per heavy atom. The molecule has 250 valence electrons. The van der Waals surface area contributed by atoms with E-state index >= 15 is 0 Å². The average Bonchev–Trinajstić information content (AvgIpc) is 3.04. The molecule has 1 atom stereocenters. The van der Waals surface area contributed by atoms with E-state index < -0.39 is 47.9 Å². The summed E-state index contributed by atoms with van der Waals surface area (Å²) in [4.78, 5) is 62.2. The fourth-order valence-electron chi connectivity index (χ4n) is 4.03. The lowest BCUT2D eigenvalue weighted by Gasteiger charge is -2.25. The Kier molecular flexibility index (Phi) is 13.8. The maximum Gasteiger partial charge on any atom is 0.344 e. The van der Waals surface area contributed by atoms with E-state index in [1.165, 1.54) is 12.1 Å². The predicted molar refractivity (Wildman–Crippen MR) is 171 cm³/mol. The molecule has 1 unspecified atom stereocenters. The lowest BCUT2D eigenvalue weighted by atomic mass is 10.1. The number of hydrogen-bond acceptors (Lipinski definition) is 10. The summed E-state index contributed by atoms with van der Waals surface area (Å²) in [5.74, 6) is -2.19. The maximum absolute atomic E-state index is 13.0. The van der Waals surface area contributed by atoms with Gasteiger partial charge < -0.3 is 34.3 Å². The van der Waals surface area contributed by atoms with Crippen LogP contribution >= 0.6 is 0 Å². The molecule has 0 fully saturated rings. The molecule has 0 radical (unpaired) electrons. The van der Waals surface area contributed by atoms with Crippen molar-refractivity contribution in [3.05, 3.63) is 95.6 Å². The summed E-state index contributed by atoms with van der Waals surface area (Å²) in [7, 11) is 0. The second kappa shape index (κ2) is 17.9. The Morgan fingerprint density at radius 1 is 0.745 bits per heavy atom. The fraction of sp³-hybridized carbons (Fsp3) is 0.343. The van der Waals surface area contributed by atoms with Crippen LogP contribution in [-0.4, -0.2) is 67.7 Å². The van der Waals surface area contributed by atoms with E-state index in [2.05, 4.69) is 10.6 Å². The van der Waals surface area contributed by atoms with Crippen molar-refractivity contribution in [2.45, 2.75) is 52.4 Å². The van der Waals surface area contributed by atoms with Gasteiger partial charge in [0.1, 0.15) is 29.7 Å². The van der Waals surface area contributed by atoms with E-state index in [9.17, 15) is 24.0 Å². The molecular weight excluding hydrogens is 608 g/mol. The Labute approximate surface area is 273 Å². The normalized spacial score (nSPS) is 11.4. The number of benzene rings is 3. The molecule has 3 aromatic carbocycles. The van der Waals surface area contributed by atoms with Crippen LogP contribution in [0.2, 0.25) is 0 Å². The molecule has 3 aromatic rings. The molecule has 0 aliphatic heterocycles. The summed E-state index contributed by atoms with van der Waals surface area (Å²) in [5, 5.41) is 5.16. The zero-order chi connectivity index (χ0) is 34.2. The van der Waals surface area contributed by atoms with Crippen LogP contribution in [0.25, 0.3) is 0 Å². The summed E-state index contributed by atoms with van der Waals surface area (Å²) in [5.41, 5.74) is 0.927. The van der Waals surface area contributed by atoms with Gasteiger partial charge in [-0.25, -0.2) is 14.4 Å². The summed E-state index contributed by atoms with van der Waals surface area (Å²) >= 11 is 0. The minimum absolute atomic E-state index is 0.0971. The van der Waals surface area contributed by atoms with Gasteiger partial charge in [0.15, 0.2) is 13.2 Å². The molecular formula is C35H40N2O10. The summed E-state index contributed by atoms with van der Waals surface area (Å²) in [6.45, 7) is 6.19. The molecule has 2 N–H and O–H groups in total. The van der Waals surface area contributed by atoms with Crippen molar-refractivity contribution >= 4 is 29.7 Å². The molecule has 0 saturated heterocycles. The number of carbonyl (C=O) groups excluding carboxylic acids is 5. The molecule has 0 heterocycles. The molecule has 3 rings (SSSR count). The SMILES string of the molecule is CCOC(=O)COc1ccc(CC(NC(=O)CNC(=O)c2cccc(OCC(=O)OCc3ccccc3)c2)C(=O)OC(C)(C)C)cc1. The number of nitrogens with one attached hydrogen (secondary N) is 2. The van der Waals surface area contributed by atoms with Crippen molar-refractivity contribution in [3.8, 4) is 11.5 Å². The van der Waals surface area contributed by atoms with Crippen molar-refractivity contribution in [2.75, 3.05) is 26.4 Å². The highest BCUT2D eigenvalue weighted by molar-refractivity contribution is 5.97.